The van der Waals surface area contributed by atoms with E-state index in [0.29, 0.717) is 11.8 Å². The van der Waals surface area contributed by atoms with Crippen LogP contribution in [0.1, 0.15) is 36.4 Å². The Labute approximate surface area is 84.1 Å². The Bertz CT molecular complexity index is 375. The molecule has 2 nitrogen and oxygen atoms in total. The minimum absolute atomic E-state index is 0.205. The highest BCUT2D eigenvalue weighted by molar-refractivity contribution is 5.49. The predicted octanol–water partition coefficient (Wildman–Crippen LogP) is 2.20. The molecule has 1 aromatic carbocycles. The quantitative estimate of drug-likeness (QED) is 0.679. The average molecular weight is 189 g/mol. The van der Waals surface area contributed by atoms with E-state index in [-0.39, 0.29) is 6.04 Å². The van der Waals surface area contributed by atoms with Gasteiger partial charge in [0, 0.05) is 11.6 Å². The molecule has 14 heavy (non-hydrogen) atoms. The zero-order valence-corrected chi connectivity index (χ0v) is 8.36. The predicted molar refractivity (Wildman–Crippen MR) is 55.4 cm³/mol. The topological polar surface area (TPSA) is 35.2 Å². The summed E-state index contributed by atoms with van der Waals surface area (Å²) in [4.78, 5) is 0. The van der Waals surface area contributed by atoms with E-state index in [1.165, 1.54) is 11.1 Å². The molecule has 0 saturated carbocycles. The SMILES string of the molecule is CC1C(N)c2cccc3c2C1CCO3. The summed E-state index contributed by atoms with van der Waals surface area (Å²) in [5.74, 6) is 2.26. The smallest absolute Gasteiger partial charge is 0.123 e. The summed E-state index contributed by atoms with van der Waals surface area (Å²) in [5.41, 5.74) is 8.89. The van der Waals surface area contributed by atoms with E-state index in [4.69, 9.17) is 10.5 Å². The van der Waals surface area contributed by atoms with Crippen LogP contribution in [-0.2, 0) is 0 Å². The van der Waals surface area contributed by atoms with Gasteiger partial charge in [-0.25, -0.2) is 0 Å². The van der Waals surface area contributed by atoms with Crippen molar-refractivity contribution in [3.63, 3.8) is 0 Å². The second-order valence-corrected chi connectivity index (χ2v) is 4.39. The Balaban J connectivity index is 2.22. The lowest BCUT2D eigenvalue weighted by molar-refractivity contribution is 0.247. The van der Waals surface area contributed by atoms with E-state index in [1.54, 1.807) is 0 Å². The van der Waals surface area contributed by atoms with Gasteiger partial charge in [0.25, 0.3) is 0 Å². The van der Waals surface area contributed by atoms with Crippen molar-refractivity contribution < 1.29 is 4.74 Å². The molecule has 3 atom stereocenters. The van der Waals surface area contributed by atoms with Crippen molar-refractivity contribution in [2.75, 3.05) is 6.61 Å². The van der Waals surface area contributed by atoms with Crippen molar-refractivity contribution in [1.82, 2.24) is 0 Å². The molecule has 3 rings (SSSR count). The maximum Gasteiger partial charge on any atom is 0.123 e. The minimum atomic E-state index is 0.205. The Morgan fingerprint density at radius 1 is 1.43 bits per heavy atom. The fourth-order valence-corrected chi connectivity index (χ4v) is 2.87. The van der Waals surface area contributed by atoms with Crippen molar-refractivity contribution in [3.8, 4) is 5.75 Å². The summed E-state index contributed by atoms with van der Waals surface area (Å²) >= 11 is 0. The Hall–Kier alpha value is -1.02. The van der Waals surface area contributed by atoms with Crippen LogP contribution in [0.25, 0.3) is 0 Å². The van der Waals surface area contributed by atoms with Gasteiger partial charge in [0.05, 0.1) is 6.61 Å². The Morgan fingerprint density at radius 3 is 3.14 bits per heavy atom. The Morgan fingerprint density at radius 2 is 2.29 bits per heavy atom. The Kier molecular flexibility index (Phi) is 1.62. The van der Waals surface area contributed by atoms with Gasteiger partial charge in [-0.1, -0.05) is 19.1 Å². The summed E-state index contributed by atoms with van der Waals surface area (Å²) in [6, 6.07) is 6.47. The second-order valence-electron chi connectivity index (χ2n) is 4.39. The van der Waals surface area contributed by atoms with E-state index in [1.807, 2.05) is 0 Å². The van der Waals surface area contributed by atoms with E-state index in [2.05, 4.69) is 25.1 Å². The molecule has 1 heterocycles. The van der Waals surface area contributed by atoms with Gasteiger partial charge < -0.3 is 10.5 Å². The number of ether oxygens (including phenoxy) is 1. The van der Waals surface area contributed by atoms with Gasteiger partial charge in [-0.3, -0.25) is 0 Å². The molecule has 0 radical (unpaired) electrons. The van der Waals surface area contributed by atoms with Crippen LogP contribution < -0.4 is 10.5 Å². The first kappa shape index (κ1) is 8.30. The van der Waals surface area contributed by atoms with Gasteiger partial charge >= 0.3 is 0 Å². The summed E-state index contributed by atoms with van der Waals surface area (Å²) in [5, 5.41) is 0. The fraction of sp³-hybridized carbons (Fsp3) is 0.500. The highest BCUT2D eigenvalue weighted by Crippen LogP contribution is 2.51. The van der Waals surface area contributed by atoms with Crippen LogP contribution in [0.3, 0.4) is 0 Å². The minimum Gasteiger partial charge on any atom is -0.493 e. The molecule has 0 spiro atoms. The van der Waals surface area contributed by atoms with Gasteiger partial charge in [0.2, 0.25) is 0 Å². The number of hydrogen-bond donors (Lipinski definition) is 1. The molecule has 2 N–H and O–H groups in total. The molecule has 3 unspecified atom stereocenters. The van der Waals surface area contributed by atoms with Crippen LogP contribution in [0.15, 0.2) is 18.2 Å². The normalized spacial score (nSPS) is 33.7. The van der Waals surface area contributed by atoms with Crippen LogP contribution in [0, 0.1) is 5.92 Å². The largest absolute Gasteiger partial charge is 0.493 e. The van der Waals surface area contributed by atoms with Crippen molar-refractivity contribution in [3.05, 3.63) is 29.3 Å². The van der Waals surface area contributed by atoms with Crippen LogP contribution in [0.5, 0.6) is 5.75 Å². The summed E-state index contributed by atoms with van der Waals surface area (Å²) < 4.78 is 5.66. The monoisotopic (exact) mass is 189 g/mol. The second kappa shape index (κ2) is 2.74. The van der Waals surface area contributed by atoms with Crippen molar-refractivity contribution in [2.24, 2.45) is 11.7 Å². The third kappa shape index (κ3) is 0.894. The molecule has 1 aromatic rings. The van der Waals surface area contributed by atoms with Crippen LogP contribution >= 0.6 is 0 Å². The molecule has 2 heteroatoms. The van der Waals surface area contributed by atoms with Crippen molar-refractivity contribution >= 4 is 0 Å². The highest BCUT2D eigenvalue weighted by Gasteiger charge is 2.39. The molecule has 2 aliphatic rings. The van der Waals surface area contributed by atoms with Gasteiger partial charge in [0.15, 0.2) is 0 Å². The van der Waals surface area contributed by atoms with E-state index in [9.17, 15) is 0 Å². The van der Waals surface area contributed by atoms with Gasteiger partial charge in [0.1, 0.15) is 5.75 Å². The molecule has 0 amide bonds. The van der Waals surface area contributed by atoms with Crippen LogP contribution in [-0.4, -0.2) is 6.61 Å². The number of hydrogen-bond acceptors (Lipinski definition) is 2. The van der Waals surface area contributed by atoms with Gasteiger partial charge in [-0.15, -0.1) is 0 Å². The number of rotatable bonds is 0. The molecule has 74 valence electrons. The van der Waals surface area contributed by atoms with E-state index >= 15 is 0 Å². The van der Waals surface area contributed by atoms with Crippen molar-refractivity contribution in [2.45, 2.75) is 25.3 Å². The first-order chi connectivity index (χ1) is 6.79. The first-order valence-electron chi connectivity index (χ1n) is 5.30. The molecule has 0 saturated heterocycles. The maximum absolute atomic E-state index is 6.20. The molecule has 0 aromatic heterocycles. The lowest BCUT2D eigenvalue weighted by atomic mass is 9.88. The molecule has 1 aliphatic carbocycles. The zero-order valence-electron chi connectivity index (χ0n) is 8.36. The number of benzene rings is 1. The lowest BCUT2D eigenvalue weighted by Gasteiger charge is -2.24. The number of nitrogens with two attached hydrogens (primary N) is 1. The van der Waals surface area contributed by atoms with E-state index < -0.39 is 0 Å². The third-order valence-corrected chi connectivity index (χ3v) is 3.72. The average Bonchev–Trinajstić information content (AvgIpc) is 2.47. The standard InChI is InChI=1S/C12H15NO/c1-7-8-5-6-14-10-4-2-3-9(11(8)10)12(7)13/h2-4,7-8,12H,5-6,13H2,1H3. The van der Waals surface area contributed by atoms with E-state index in [0.717, 1.165) is 18.8 Å². The summed E-state index contributed by atoms with van der Waals surface area (Å²) in [7, 11) is 0. The molecule has 0 bridgehead atoms. The first-order valence-corrected chi connectivity index (χ1v) is 5.30. The maximum atomic E-state index is 6.20. The van der Waals surface area contributed by atoms with Crippen molar-refractivity contribution in [1.29, 1.82) is 0 Å². The molecule has 0 fully saturated rings. The van der Waals surface area contributed by atoms with Crippen LogP contribution in [0.4, 0.5) is 0 Å². The summed E-state index contributed by atoms with van der Waals surface area (Å²) in [6.45, 7) is 3.10. The van der Waals surface area contributed by atoms with Crippen LogP contribution in [0.2, 0.25) is 0 Å². The summed E-state index contributed by atoms with van der Waals surface area (Å²) in [6.07, 6.45) is 1.12. The third-order valence-electron chi connectivity index (χ3n) is 3.72. The highest BCUT2D eigenvalue weighted by atomic mass is 16.5. The van der Waals surface area contributed by atoms with Gasteiger partial charge in [-0.2, -0.15) is 0 Å². The molecule has 1 aliphatic heterocycles. The zero-order chi connectivity index (χ0) is 9.71. The fourth-order valence-electron chi connectivity index (χ4n) is 2.87. The molecular weight excluding hydrogens is 174 g/mol. The molecular formula is C12H15NO. The van der Waals surface area contributed by atoms with Gasteiger partial charge in [-0.05, 0) is 29.9 Å². The lowest BCUT2D eigenvalue weighted by Crippen LogP contribution is -2.19.